The lowest BCUT2D eigenvalue weighted by molar-refractivity contribution is 0.0939. The highest BCUT2D eigenvalue weighted by atomic mass is 35.5. The number of ether oxygens (including phenoxy) is 1. The predicted octanol–water partition coefficient (Wildman–Crippen LogP) is 4.70. The van der Waals surface area contributed by atoms with E-state index in [0.29, 0.717) is 16.3 Å². The van der Waals surface area contributed by atoms with E-state index >= 15 is 0 Å². The maximum absolute atomic E-state index is 12.7. The van der Waals surface area contributed by atoms with Crippen LogP contribution in [0.3, 0.4) is 0 Å². The molecule has 4 nitrogen and oxygen atoms in total. The summed E-state index contributed by atoms with van der Waals surface area (Å²) in [6.45, 7) is 3.76. The summed E-state index contributed by atoms with van der Waals surface area (Å²) in [7, 11) is 1.61. The van der Waals surface area contributed by atoms with Gasteiger partial charge in [-0.25, -0.2) is 0 Å². The average Bonchev–Trinajstić information content (AvgIpc) is 2.60. The topological polar surface area (TPSA) is 51.2 Å². The van der Waals surface area contributed by atoms with Gasteiger partial charge in [-0.2, -0.15) is 0 Å². The summed E-state index contributed by atoms with van der Waals surface area (Å²) in [5.41, 5.74) is 3.02. The number of rotatable bonds is 4. The van der Waals surface area contributed by atoms with Crippen molar-refractivity contribution in [2.24, 2.45) is 0 Å². The molecular weight excluding hydrogens is 336 g/mol. The van der Waals surface area contributed by atoms with Gasteiger partial charge in [0.2, 0.25) is 0 Å². The molecule has 0 saturated carbocycles. The Labute approximate surface area is 151 Å². The zero-order valence-electron chi connectivity index (χ0n) is 14.3. The summed E-state index contributed by atoms with van der Waals surface area (Å²) >= 11 is 6.03. The predicted molar refractivity (Wildman–Crippen MR) is 100 cm³/mol. The van der Waals surface area contributed by atoms with Gasteiger partial charge >= 0.3 is 0 Å². The first kappa shape index (κ1) is 17.2. The second-order valence-electron chi connectivity index (χ2n) is 5.93. The fourth-order valence-corrected chi connectivity index (χ4v) is 2.94. The number of amides is 1. The van der Waals surface area contributed by atoms with Crippen molar-refractivity contribution in [1.82, 2.24) is 10.3 Å². The van der Waals surface area contributed by atoms with Gasteiger partial charge < -0.3 is 10.1 Å². The van der Waals surface area contributed by atoms with E-state index in [4.69, 9.17) is 16.3 Å². The largest absolute Gasteiger partial charge is 0.497 e. The van der Waals surface area contributed by atoms with E-state index in [1.165, 1.54) is 0 Å². The number of hydrogen-bond donors (Lipinski definition) is 1. The Balaban J connectivity index is 1.89. The molecule has 1 atom stereocenters. The van der Waals surface area contributed by atoms with E-state index in [1.54, 1.807) is 7.11 Å². The lowest BCUT2D eigenvalue weighted by atomic mass is 10.1. The Morgan fingerprint density at radius 2 is 2.00 bits per heavy atom. The smallest absolute Gasteiger partial charge is 0.253 e. The molecule has 0 fully saturated rings. The number of carbonyl (C=O) groups is 1. The van der Waals surface area contributed by atoms with Crippen molar-refractivity contribution >= 4 is 28.4 Å². The van der Waals surface area contributed by atoms with Crippen LogP contribution in [-0.2, 0) is 0 Å². The highest BCUT2D eigenvalue weighted by molar-refractivity contribution is 6.30. The third-order valence-corrected chi connectivity index (χ3v) is 4.39. The van der Waals surface area contributed by atoms with Crippen molar-refractivity contribution in [3.8, 4) is 5.75 Å². The number of fused-ring (bicyclic) bond motifs is 1. The van der Waals surface area contributed by atoms with E-state index in [2.05, 4.69) is 10.3 Å². The quantitative estimate of drug-likeness (QED) is 0.739. The van der Waals surface area contributed by atoms with Crippen molar-refractivity contribution in [2.75, 3.05) is 7.11 Å². The Bertz CT molecular complexity index is 940. The summed E-state index contributed by atoms with van der Waals surface area (Å²) in [5.74, 6) is 0.569. The second kappa shape index (κ2) is 7.11. The lowest BCUT2D eigenvalue weighted by Gasteiger charge is -2.16. The molecule has 5 heteroatoms. The monoisotopic (exact) mass is 354 g/mol. The van der Waals surface area contributed by atoms with Gasteiger partial charge in [-0.15, -0.1) is 0 Å². The summed E-state index contributed by atoms with van der Waals surface area (Å²) in [6.07, 6.45) is 0. The maximum atomic E-state index is 12.7. The molecule has 0 spiro atoms. The van der Waals surface area contributed by atoms with Crippen LogP contribution in [0, 0.1) is 6.92 Å². The number of methoxy groups -OCH3 is 1. The Morgan fingerprint density at radius 3 is 2.72 bits per heavy atom. The zero-order valence-corrected chi connectivity index (χ0v) is 15.1. The number of nitrogens with one attached hydrogen (secondary N) is 1. The molecule has 0 aliphatic rings. The van der Waals surface area contributed by atoms with Gasteiger partial charge in [-0.05, 0) is 55.8 Å². The molecule has 3 aromatic rings. The molecule has 2 aromatic carbocycles. The number of nitrogens with zero attached hydrogens (tertiary/aromatic N) is 1. The van der Waals surface area contributed by atoms with E-state index < -0.39 is 0 Å². The molecule has 0 saturated heterocycles. The number of aryl methyl sites for hydroxylation is 1. The van der Waals surface area contributed by atoms with E-state index in [-0.39, 0.29) is 11.9 Å². The highest BCUT2D eigenvalue weighted by Crippen LogP contribution is 2.23. The molecule has 1 unspecified atom stereocenters. The van der Waals surface area contributed by atoms with Crippen molar-refractivity contribution in [2.45, 2.75) is 19.9 Å². The Morgan fingerprint density at radius 1 is 1.20 bits per heavy atom. The van der Waals surface area contributed by atoms with Crippen LogP contribution in [0.4, 0.5) is 0 Å². The highest BCUT2D eigenvalue weighted by Gasteiger charge is 2.15. The normalized spacial score (nSPS) is 12.0. The fraction of sp³-hybridized carbons (Fsp3) is 0.200. The standard InChI is InChI=1S/C20H19ClN2O2/c1-12(14-5-4-6-16(21)9-14)23-20(24)18-11-15-10-17(25-3)7-8-19(15)22-13(18)2/h4-12H,1-3H3,(H,23,24). The minimum atomic E-state index is -0.165. The van der Waals surface area contributed by atoms with Crippen LogP contribution < -0.4 is 10.1 Å². The van der Waals surface area contributed by atoms with Gasteiger partial charge in [-0.1, -0.05) is 23.7 Å². The number of pyridine rings is 1. The average molecular weight is 355 g/mol. The number of hydrogen-bond acceptors (Lipinski definition) is 3. The molecule has 3 rings (SSSR count). The van der Waals surface area contributed by atoms with Crippen LogP contribution in [0.1, 0.15) is 34.6 Å². The van der Waals surface area contributed by atoms with Gasteiger partial charge in [0.05, 0.1) is 29.9 Å². The Kier molecular flexibility index (Phi) is 4.91. The van der Waals surface area contributed by atoms with E-state index in [1.807, 2.05) is 62.4 Å². The summed E-state index contributed by atoms with van der Waals surface area (Å²) in [5, 5.41) is 4.52. The van der Waals surface area contributed by atoms with Crippen molar-refractivity contribution < 1.29 is 9.53 Å². The van der Waals surface area contributed by atoms with Crippen molar-refractivity contribution in [1.29, 1.82) is 0 Å². The first-order valence-corrected chi connectivity index (χ1v) is 8.37. The van der Waals surface area contributed by atoms with Crippen LogP contribution in [0.25, 0.3) is 10.9 Å². The van der Waals surface area contributed by atoms with Crippen LogP contribution in [0.15, 0.2) is 48.5 Å². The van der Waals surface area contributed by atoms with Gasteiger partial charge in [0.25, 0.3) is 5.91 Å². The number of halogens is 1. The molecule has 25 heavy (non-hydrogen) atoms. The molecule has 1 aromatic heterocycles. The summed E-state index contributed by atoms with van der Waals surface area (Å²) in [4.78, 5) is 17.2. The molecule has 0 aliphatic carbocycles. The molecule has 1 amide bonds. The molecule has 0 aliphatic heterocycles. The maximum Gasteiger partial charge on any atom is 0.253 e. The van der Waals surface area contributed by atoms with Crippen molar-refractivity contribution in [3.05, 3.63) is 70.4 Å². The van der Waals surface area contributed by atoms with E-state index in [0.717, 1.165) is 22.2 Å². The van der Waals surface area contributed by atoms with Crippen LogP contribution >= 0.6 is 11.6 Å². The molecular formula is C20H19ClN2O2. The van der Waals surface area contributed by atoms with E-state index in [9.17, 15) is 4.79 Å². The first-order chi connectivity index (χ1) is 12.0. The number of benzene rings is 2. The minimum absolute atomic E-state index is 0.161. The molecule has 0 radical (unpaired) electrons. The van der Waals surface area contributed by atoms with Gasteiger partial charge in [0.15, 0.2) is 0 Å². The number of aromatic nitrogens is 1. The third kappa shape index (κ3) is 3.74. The Hall–Kier alpha value is -2.59. The molecule has 0 bridgehead atoms. The fourth-order valence-electron chi connectivity index (χ4n) is 2.74. The van der Waals surface area contributed by atoms with Gasteiger partial charge in [0, 0.05) is 10.4 Å². The number of carbonyl (C=O) groups excluding carboxylic acids is 1. The van der Waals surface area contributed by atoms with Crippen LogP contribution in [-0.4, -0.2) is 18.0 Å². The van der Waals surface area contributed by atoms with Crippen molar-refractivity contribution in [3.63, 3.8) is 0 Å². The van der Waals surface area contributed by atoms with Crippen LogP contribution in [0.5, 0.6) is 5.75 Å². The summed E-state index contributed by atoms with van der Waals surface area (Å²) in [6, 6.07) is 14.8. The first-order valence-electron chi connectivity index (χ1n) is 7.99. The zero-order chi connectivity index (χ0) is 18.0. The second-order valence-corrected chi connectivity index (χ2v) is 6.37. The van der Waals surface area contributed by atoms with Gasteiger partial charge in [0.1, 0.15) is 5.75 Å². The minimum Gasteiger partial charge on any atom is -0.497 e. The lowest BCUT2D eigenvalue weighted by Crippen LogP contribution is -2.27. The SMILES string of the molecule is COc1ccc2nc(C)c(C(=O)NC(C)c3cccc(Cl)c3)cc2c1. The third-order valence-electron chi connectivity index (χ3n) is 4.15. The molecule has 1 heterocycles. The summed E-state index contributed by atoms with van der Waals surface area (Å²) < 4.78 is 5.25. The molecule has 128 valence electrons. The van der Waals surface area contributed by atoms with Crippen LogP contribution in [0.2, 0.25) is 5.02 Å². The van der Waals surface area contributed by atoms with Gasteiger partial charge in [-0.3, -0.25) is 9.78 Å². The molecule has 1 N–H and O–H groups in total.